The van der Waals surface area contributed by atoms with Gasteiger partial charge in [-0.25, -0.2) is 9.36 Å². The number of aliphatic hydroxyl groups excluding tert-OH is 2. The Bertz CT molecular complexity index is 1260. The molecule has 1 aliphatic rings. The largest absolute Gasteiger partial charge is 0.469 e. The minimum Gasteiger partial charge on any atom is -0.387 e. The Morgan fingerprint density at radius 3 is 2.61 bits per heavy atom. The van der Waals surface area contributed by atoms with E-state index < -0.39 is 50.2 Å². The molecule has 0 radical (unpaired) electrons. The van der Waals surface area contributed by atoms with Gasteiger partial charge in [-0.05, 0) is 12.1 Å². The van der Waals surface area contributed by atoms with Crippen molar-refractivity contribution in [3.05, 3.63) is 63.1 Å². The number of phosphoric ester groups is 1. The highest BCUT2D eigenvalue weighted by Gasteiger charge is 2.45. The fourth-order valence-corrected chi connectivity index (χ4v) is 3.68. The molecular formula is C17H18N3O10P. The molecule has 0 spiro atoms. The van der Waals surface area contributed by atoms with E-state index in [1.54, 1.807) is 24.3 Å². The van der Waals surface area contributed by atoms with Gasteiger partial charge in [-0.15, -0.1) is 0 Å². The first-order chi connectivity index (χ1) is 14.7. The zero-order valence-electron chi connectivity index (χ0n) is 15.7. The van der Waals surface area contributed by atoms with Gasteiger partial charge in [0, 0.05) is 17.6 Å². The Morgan fingerprint density at radius 1 is 1.13 bits per heavy atom. The number of phosphoric acid groups is 1. The van der Waals surface area contributed by atoms with Crippen molar-refractivity contribution in [1.82, 2.24) is 14.3 Å². The maximum Gasteiger partial charge on any atom is 0.469 e. The number of fused-ring (bicyclic) bond motifs is 1. The summed E-state index contributed by atoms with van der Waals surface area (Å²) in [6, 6.07) is 7.97. The monoisotopic (exact) mass is 455 g/mol. The number of ether oxygens (including phenoxy) is 1. The van der Waals surface area contributed by atoms with Crippen LogP contribution in [0.3, 0.4) is 0 Å². The van der Waals surface area contributed by atoms with E-state index in [2.05, 4.69) is 9.68 Å². The Morgan fingerprint density at radius 2 is 1.87 bits per heavy atom. The second-order valence-corrected chi connectivity index (χ2v) is 8.13. The minimum atomic E-state index is -4.84. The van der Waals surface area contributed by atoms with Crippen LogP contribution in [0.1, 0.15) is 11.9 Å². The first kappa shape index (κ1) is 21.6. The van der Waals surface area contributed by atoms with Gasteiger partial charge in [0.25, 0.3) is 5.56 Å². The summed E-state index contributed by atoms with van der Waals surface area (Å²) in [7, 11) is -4.84. The third-order valence-corrected chi connectivity index (χ3v) is 5.36. The lowest BCUT2D eigenvalue weighted by Crippen LogP contribution is -2.43. The zero-order valence-corrected chi connectivity index (χ0v) is 16.6. The van der Waals surface area contributed by atoms with Crippen molar-refractivity contribution >= 4 is 18.8 Å². The van der Waals surface area contributed by atoms with E-state index >= 15 is 0 Å². The summed E-state index contributed by atoms with van der Waals surface area (Å²) in [4.78, 5) is 42.9. The summed E-state index contributed by atoms with van der Waals surface area (Å²) in [5.74, 6) is 0. The highest BCUT2D eigenvalue weighted by molar-refractivity contribution is 7.46. The number of benzene rings is 1. The van der Waals surface area contributed by atoms with Crippen LogP contribution in [0.4, 0.5) is 0 Å². The molecule has 166 valence electrons. The van der Waals surface area contributed by atoms with Crippen LogP contribution in [-0.4, -0.2) is 59.2 Å². The molecule has 1 fully saturated rings. The molecule has 2 aromatic heterocycles. The molecule has 4 N–H and O–H groups in total. The van der Waals surface area contributed by atoms with Crippen molar-refractivity contribution in [2.75, 3.05) is 6.61 Å². The van der Waals surface area contributed by atoms with E-state index in [0.717, 1.165) is 21.4 Å². The van der Waals surface area contributed by atoms with Gasteiger partial charge in [0.2, 0.25) is 0 Å². The predicted octanol–water partition coefficient (Wildman–Crippen LogP) is -1.07. The molecule has 4 atom stereocenters. The fourth-order valence-electron chi connectivity index (χ4n) is 3.34. The van der Waals surface area contributed by atoms with Crippen molar-refractivity contribution in [2.24, 2.45) is 0 Å². The minimum absolute atomic E-state index is 0.217. The highest BCUT2D eigenvalue weighted by Crippen LogP contribution is 2.38. The first-order valence-corrected chi connectivity index (χ1v) is 10.6. The van der Waals surface area contributed by atoms with Crippen molar-refractivity contribution < 1.29 is 38.3 Å². The fraction of sp³-hybridized carbons (Fsp3) is 0.353. The molecule has 0 amide bonds. The standard InChI is InChI=1S/C17H18N3O10P/c21-13-5-6-19(16-15(23)14(22)12(29-16)8-28-31(25,26)27)17(24)20(13)7-10-9-3-1-2-4-11(9)30-18-10/h1-6,12,14-16,22-23H,7-8H2,(H2,25,26,27)/t12-,14+,15?,16-/m1/s1. The molecule has 31 heavy (non-hydrogen) atoms. The van der Waals surface area contributed by atoms with Crippen LogP contribution in [-0.2, 0) is 20.4 Å². The topological polar surface area (TPSA) is 186 Å². The van der Waals surface area contributed by atoms with E-state index in [4.69, 9.17) is 19.0 Å². The lowest BCUT2D eigenvalue weighted by Gasteiger charge is -2.18. The van der Waals surface area contributed by atoms with Crippen LogP contribution in [0.2, 0.25) is 0 Å². The number of hydrogen-bond acceptors (Lipinski definition) is 9. The molecule has 3 heterocycles. The Balaban J connectivity index is 1.64. The number of hydrogen-bond donors (Lipinski definition) is 4. The third-order valence-electron chi connectivity index (χ3n) is 4.87. The summed E-state index contributed by atoms with van der Waals surface area (Å²) in [6.45, 7) is -0.941. The van der Waals surface area contributed by atoms with E-state index in [1.807, 2.05) is 0 Å². The molecule has 1 aliphatic heterocycles. The van der Waals surface area contributed by atoms with Gasteiger partial charge in [0.05, 0.1) is 13.2 Å². The Hall–Kier alpha value is -2.64. The molecule has 13 nitrogen and oxygen atoms in total. The number of para-hydroxylation sites is 1. The summed E-state index contributed by atoms with van der Waals surface area (Å²) in [5.41, 5.74) is -0.670. The van der Waals surface area contributed by atoms with Gasteiger partial charge >= 0.3 is 13.5 Å². The second kappa shape index (κ2) is 8.13. The van der Waals surface area contributed by atoms with Crippen molar-refractivity contribution in [2.45, 2.75) is 31.1 Å². The highest BCUT2D eigenvalue weighted by atomic mass is 31.2. The van der Waals surface area contributed by atoms with Crippen LogP contribution < -0.4 is 11.2 Å². The molecule has 1 unspecified atom stereocenters. The van der Waals surface area contributed by atoms with E-state index in [0.29, 0.717) is 16.7 Å². The summed E-state index contributed by atoms with van der Waals surface area (Å²) >= 11 is 0. The number of aliphatic hydroxyl groups is 2. The molecule has 0 aliphatic carbocycles. The van der Waals surface area contributed by atoms with Crippen LogP contribution >= 0.6 is 7.82 Å². The lowest BCUT2D eigenvalue weighted by molar-refractivity contribution is -0.0548. The van der Waals surface area contributed by atoms with Crippen LogP contribution in [0.25, 0.3) is 11.0 Å². The summed E-state index contributed by atoms with van der Waals surface area (Å²) in [5, 5.41) is 24.9. The second-order valence-electron chi connectivity index (χ2n) is 6.89. The molecule has 14 heteroatoms. The maximum atomic E-state index is 13.0. The first-order valence-electron chi connectivity index (χ1n) is 9.02. The normalized spacial score (nSPS) is 24.1. The summed E-state index contributed by atoms with van der Waals surface area (Å²) in [6.07, 6.45) is -4.87. The van der Waals surface area contributed by atoms with Gasteiger partial charge in [-0.1, -0.05) is 17.3 Å². The van der Waals surface area contributed by atoms with E-state index in [9.17, 15) is 24.4 Å². The lowest BCUT2D eigenvalue weighted by atomic mass is 10.1. The van der Waals surface area contributed by atoms with Crippen LogP contribution in [0.15, 0.2) is 50.6 Å². The average Bonchev–Trinajstić information content (AvgIpc) is 3.25. The number of aromatic nitrogens is 3. The molecule has 0 bridgehead atoms. The van der Waals surface area contributed by atoms with Crippen molar-refractivity contribution in [3.8, 4) is 0 Å². The Kier molecular flexibility index (Phi) is 5.66. The Labute approximate surface area is 172 Å². The SMILES string of the molecule is O=c1ccn([C@@H]2O[C@H](COP(=O)(O)O)[C@H](O)C2O)c(=O)n1Cc1noc2ccccc12. The maximum absolute atomic E-state index is 13.0. The van der Waals surface area contributed by atoms with Crippen molar-refractivity contribution in [1.29, 1.82) is 0 Å². The molecule has 0 saturated carbocycles. The number of rotatable bonds is 6. The van der Waals surface area contributed by atoms with E-state index in [-0.39, 0.29) is 6.54 Å². The van der Waals surface area contributed by atoms with Gasteiger partial charge in [-0.2, -0.15) is 0 Å². The van der Waals surface area contributed by atoms with Gasteiger partial charge < -0.3 is 29.3 Å². The predicted molar refractivity (Wildman–Crippen MR) is 102 cm³/mol. The quantitative estimate of drug-likeness (QED) is 0.332. The smallest absolute Gasteiger partial charge is 0.387 e. The molecule has 1 aromatic carbocycles. The van der Waals surface area contributed by atoms with E-state index in [1.165, 1.54) is 0 Å². The summed E-state index contributed by atoms with van der Waals surface area (Å²) < 4.78 is 27.5. The molecular weight excluding hydrogens is 437 g/mol. The van der Waals surface area contributed by atoms with Crippen LogP contribution in [0, 0.1) is 0 Å². The zero-order chi connectivity index (χ0) is 22.3. The molecule has 4 rings (SSSR count). The van der Waals surface area contributed by atoms with Crippen molar-refractivity contribution in [3.63, 3.8) is 0 Å². The van der Waals surface area contributed by atoms with Gasteiger partial charge in [-0.3, -0.25) is 18.5 Å². The van der Waals surface area contributed by atoms with Crippen LogP contribution in [0.5, 0.6) is 0 Å². The van der Waals surface area contributed by atoms with Gasteiger partial charge in [0.1, 0.15) is 24.0 Å². The average molecular weight is 455 g/mol. The van der Waals surface area contributed by atoms with Gasteiger partial charge in [0.15, 0.2) is 11.8 Å². The third kappa shape index (κ3) is 4.25. The number of nitrogens with zero attached hydrogens (tertiary/aromatic N) is 3. The molecule has 3 aromatic rings. The molecule has 1 saturated heterocycles.